The van der Waals surface area contributed by atoms with Crippen LogP contribution in [0.25, 0.3) is 0 Å². The number of piperazine rings is 1. The Morgan fingerprint density at radius 3 is 2.38 bits per heavy atom. The number of hydrogen-bond donors (Lipinski definition) is 1. The molecule has 1 aliphatic rings. The van der Waals surface area contributed by atoms with E-state index >= 15 is 0 Å². The monoisotopic (exact) mass is 489 g/mol. The van der Waals surface area contributed by atoms with E-state index in [1.165, 1.54) is 0 Å². The molecule has 1 heterocycles. The summed E-state index contributed by atoms with van der Waals surface area (Å²) in [5.74, 6) is -0.230. The van der Waals surface area contributed by atoms with Crippen molar-refractivity contribution in [2.75, 3.05) is 32.7 Å². The fourth-order valence-corrected chi connectivity index (χ4v) is 5.27. The molecule has 2 aromatic rings. The van der Waals surface area contributed by atoms with Crippen LogP contribution in [0.3, 0.4) is 0 Å². The zero-order valence-electron chi connectivity index (χ0n) is 17.3. The molecule has 0 radical (unpaired) electrons. The maximum Gasteiger partial charge on any atom is 0.416 e. The minimum atomic E-state index is -4.63. The fraction of sp³-hybridized carbons (Fsp3) is 0.381. The smallest absolute Gasteiger partial charge is 0.348 e. The van der Waals surface area contributed by atoms with E-state index in [1.807, 2.05) is 19.1 Å². The van der Waals surface area contributed by atoms with Crippen molar-refractivity contribution in [2.45, 2.75) is 24.0 Å². The van der Waals surface area contributed by atoms with Crippen LogP contribution in [0.2, 0.25) is 5.02 Å². The van der Waals surface area contributed by atoms with Gasteiger partial charge in [0.1, 0.15) is 0 Å². The van der Waals surface area contributed by atoms with Crippen molar-refractivity contribution in [3.63, 3.8) is 0 Å². The second-order valence-corrected chi connectivity index (χ2v) is 9.86. The van der Waals surface area contributed by atoms with Gasteiger partial charge < -0.3 is 5.32 Å². The summed E-state index contributed by atoms with van der Waals surface area (Å²) in [6, 6.07) is 10.6. The topological polar surface area (TPSA) is 69.7 Å². The van der Waals surface area contributed by atoms with Gasteiger partial charge in [0.05, 0.1) is 23.0 Å². The van der Waals surface area contributed by atoms with Crippen molar-refractivity contribution in [1.29, 1.82) is 0 Å². The predicted octanol–water partition coefficient (Wildman–Crippen LogP) is 3.54. The van der Waals surface area contributed by atoms with E-state index in [0.29, 0.717) is 11.1 Å². The number of hydrogen-bond acceptors (Lipinski definition) is 4. The molecular weight excluding hydrogens is 467 g/mol. The molecule has 1 aliphatic heterocycles. The largest absolute Gasteiger partial charge is 0.416 e. The molecule has 3 rings (SSSR count). The number of sulfonamides is 1. The van der Waals surface area contributed by atoms with E-state index in [0.717, 1.165) is 28.1 Å². The molecule has 0 unspecified atom stereocenters. The summed E-state index contributed by atoms with van der Waals surface area (Å²) in [5, 5.41) is 3.42. The van der Waals surface area contributed by atoms with Gasteiger partial charge in [0, 0.05) is 31.2 Å². The number of benzene rings is 2. The number of alkyl halides is 3. The van der Waals surface area contributed by atoms with Crippen LogP contribution in [-0.4, -0.2) is 56.3 Å². The van der Waals surface area contributed by atoms with Crippen molar-refractivity contribution >= 4 is 27.5 Å². The lowest BCUT2D eigenvalue weighted by atomic mass is 10.1. The number of rotatable bonds is 6. The Morgan fingerprint density at radius 2 is 1.75 bits per heavy atom. The first kappa shape index (κ1) is 24.5. The Morgan fingerprint density at radius 1 is 1.09 bits per heavy atom. The van der Waals surface area contributed by atoms with Gasteiger partial charge in [-0.3, -0.25) is 9.69 Å². The van der Waals surface area contributed by atoms with Gasteiger partial charge in [-0.15, -0.1) is 0 Å². The van der Waals surface area contributed by atoms with Crippen molar-refractivity contribution in [1.82, 2.24) is 14.5 Å². The average molecular weight is 490 g/mol. The zero-order chi connectivity index (χ0) is 23.5. The average Bonchev–Trinajstić information content (AvgIpc) is 2.74. The summed E-state index contributed by atoms with van der Waals surface area (Å²) in [6.07, 6.45) is -4.63. The summed E-state index contributed by atoms with van der Waals surface area (Å²) >= 11 is 6.15. The van der Waals surface area contributed by atoms with Gasteiger partial charge in [-0.25, -0.2) is 8.42 Å². The van der Waals surface area contributed by atoms with Crippen LogP contribution in [0.4, 0.5) is 13.2 Å². The molecule has 32 heavy (non-hydrogen) atoms. The lowest BCUT2D eigenvalue weighted by molar-refractivity contribution is -0.137. The van der Waals surface area contributed by atoms with Gasteiger partial charge in [-0.1, -0.05) is 35.9 Å². The quantitative estimate of drug-likeness (QED) is 0.674. The third kappa shape index (κ3) is 5.80. The highest BCUT2D eigenvalue weighted by atomic mass is 35.5. The summed E-state index contributed by atoms with van der Waals surface area (Å²) < 4.78 is 65.5. The molecule has 2 aromatic carbocycles. The molecule has 0 saturated carbocycles. The molecule has 0 aliphatic carbocycles. The highest BCUT2D eigenvalue weighted by molar-refractivity contribution is 7.89. The minimum Gasteiger partial charge on any atom is -0.348 e. The first-order valence-electron chi connectivity index (χ1n) is 9.92. The molecule has 6 nitrogen and oxygen atoms in total. The number of carbonyl (C=O) groups excluding carboxylic acids is 1. The van der Waals surface area contributed by atoms with Crippen LogP contribution < -0.4 is 5.32 Å². The first-order valence-corrected chi connectivity index (χ1v) is 11.7. The van der Waals surface area contributed by atoms with Gasteiger partial charge >= 0.3 is 6.18 Å². The van der Waals surface area contributed by atoms with Crippen LogP contribution in [0, 0.1) is 0 Å². The standard InChI is InChI=1S/C21H23ClF3N3O3S/c1-15(18-7-2-3-8-19(18)22)26-20(29)14-27-9-11-28(12-10-27)32(30,31)17-6-4-5-16(13-17)21(23,24)25/h2-8,13,15H,9-12,14H2,1H3,(H,26,29)/t15-/m0/s1. The van der Waals surface area contributed by atoms with Crippen molar-refractivity contribution < 1.29 is 26.4 Å². The van der Waals surface area contributed by atoms with Crippen molar-refractivity contribution in [2.24, 2.45) is 0 Å². The van der Waals surface area contributed by atoms with Gasteiger partial charge in [0.25, 0.3) is 0 Å². The highest BCUT2D eigenvalue weighted by Crippen LogP contribution is 2.31. The predicted molar refractivity (Wildman–Crippen MR) is 115 cm³/mol. The fourth-order valence-electron chi connectivity index (χ4n) is 3.50. The van der Waals surface area contributed by atoms with Gasteiger partial charge in [-0.05, 0) is 36.8 Å². The number of halogens is 4. The van der Waals surface area contributed by atoms with Crippen LogP contribution >= 0.6 is 11.6 Å². The second kappa shape index (κ2) is 9.78. The lowest BCUT2D eigenvalue weighted by Gasteiger charge is -2.33. The number of nitrogens with zero attached hydrogens (tertiary/aromatic N) is 2. The summed E-state index contributed by atoms with van der Waals surface area (Å²) in [6.45, 7) is 2.61. The maximum atomic E-state index is 12.9. The van der Waals surface area contributed by atoms with Crippen molar-refractivity contribution in [3.05, 3.63) is 64.7 Å². The molecule has 0 aromatic heterocycles. The molecule has 174 valence electrons. The summed E-state index contributed by atoms with van der Waals surface area (Å²) in [7, 11) is -4.07. The van der Waals surface area contributed by atoms with Crippen LogP contribution in [0.15, 0.2) is 53.4 Å². The van der Waals surface area contributed by atoms with E-state index in [-0.39, 0.29) is 44.7 Å². The third-order valence-corrected chi connectivity index (χ3v) is 7.49. The SMILES string of the molecule is C[C@H](NC(=O)CN1CCN(S(=O)(=O)c2cccc(C(F)(F)F)c2)CC1)c1ccccc1Cl. The Labute approximate surface area is 190 Å². The molecule has 1 saturated heterocycles. The Hall–Kier alpha value is -2.14. The molecule has 0 bridgehead atoms. The molecule has 0 spiro atoms. The van der Waals surface area contributed by atoms with E-state index < -0.39 is 26.7 Å². The Balaban J connectivity index is 1.57. The molecule has 1 fully saturated rings. The molecule has 1 amide bonds. The second-order valence-electron chi connectivity index (χ2n) is 7.52. The maximum absolute atomic E-state index is 12.9. The lowest BCUT2D eigenvalue weighted by Crippen LogP contribution is -2.51. The van der Waals surface area contributed by atoms with E-state index in [4.69, 9.17) is 11.6 Å². The summed E-state index contributed by atoms with van der Waals surface area (Å²) in [4.78, 5) is 13.8. The molecule has 11 heteroatoms. The van der Waals surface area contributed by atoms with Gasteiger partial charge in [-0.2, -0.15) is 17.5 Å². The Kier molecular flexibility index (Phi) is 7.49. The zero-order valence-corrected chi connectivity index (χ0v) is 18.8. The number of nitrogens with one attached hydrogen (secondary N) is 1. The molecule has 1 atom stereocenters. The van der Waals surface area contributed by atoms with Crippen molar-refractivity contribution in [3.8, 4) is 0 Å². The van der Waals surface area contributed by atoms with E-state index in [9.17, 15) is 26.4 Å². The highest BCUT2D eigenvalue weighted by Gasteiger charge is 2.34. The van der Waals surface area contributed by atoms with Crippen LogP contribution in [-0.2, 0) is 21.0 Å². The van der Waals surface area contributed by atoms with Crippen LogP contribution in [0.5, 0.6) is 0 Å². The molecular formula is C21H23ClF3N3O3S. The summed E-state index contributed by atoms with van der Waals surface area (Å²) in [5.41, 5.74) is -0.221. The molecule has 1 N–H and O–H groups in total. The first-order chi connectivity index (χ1) is 15.0. The minimum absolute atomic E-state index is 0.0753. The van der Waals surface area contributed by atoms with Gasteiger partial charge in [0.15, 0.2) is 0 Å². The number of amides is 1. The van der Waals surface area contributed by atoms with E-state index in [1.54, 1.807) is 17.0 Å². The third-order valence-electron chi connectivity index (χ3n) is 5.25. The van der Waals surface area contributed by atoms with Gasteiger partial charge in [0.2, 0.25) is 15.9 Å². The Bertz CT molecular complexity index is 1070. The van der Waals surface area contributed by atoms with E-state index in [2.05, 4.69) is 5.32 Å². The number of carbonyl (C=O) groups is 1. The van der Waals surface area contributed by atoms with Crippen LogP contribution in [0.1, 0.15) is 24.1 Å². The normalized spacial score (nSPS) is 17.2.